The lowest BCUT2D eigenvalue weighted by Crippen LogP contribution is -2.47. The molecule has 1 amide bonds. The maximum absolute atomic E-state index is 12.0. The Morgan fingerprint density at radius 2 is 1.80 bits per heavy atom. The number of carbonyl (C=O) groups is 2. The Hall–Kier alpha value is -2.04. The second-order valence-corrected chi connectivity index (χ2v) is 5.47. The van der Waals surface area contributed by atoms with Crippen molar-refractivity contribution in [3.8, 4) is 5.75 Å². The topological polar surface area (TPSA) is 86.6 Å². The number of carboxylic acid groups (broad SMARTS) is 1. The van der Waals surface area contributed by atoms with Crippen LogP contribution in [0.1, 0.15) is 32.8 Å². The molecule has 20 heavy (non-hydrogen) atoms. The zero-order valence-corrected chi connectivity index (χ0v) is 12.0. The monoisotopic (exact) mass is 279 g/mol. The van der Waals surface area contributed by atoms with Crippen molar-refractivity contribution in [2.45, 2.75) is 39.7 Å². The largest absolute Gasteiger partial charge is 0.508 e. The van der Waals surface area contributed by atoms with Crippen LogP contribution in [0.25, 0.3) is 0 Å². The molecule has 0 aliphatic rings. The predicted octanol–water partition coefficient (Wildman–Crippen LogP) is 1.94. The van der Waals surface area contributed by atoms with E-state index in [-0.39, 0.29) is 18.1 Å². The number of hydrogen-bond donors (Lipinski definition) is 3. The molecule has 0 saturated carbocycles. The Kier molecular flexibility index (Phi) is 5.13. The number of hydrogen-bond acceptors (Lipinski definition) is 3. The molecule has 0 saturated heterocycles. The molecule has 0 unspecified atom stereocenters. The molecule has 0 bridgehead atoms. The average Bonchev–Trinajstić information content (AvgIpc) is 2.40. The summed E-state index contributed by atoms with van der Waals surface area (Å²) < 4.78 is 0. The summed E-state index contributed by atoms with van der Waals surface area (Å²) in [6.45, 7) is 5.44. The van der Waals surface area contributed by atoms with Gasteiger partial charge in [-0.2, -0.15) is 0 Å². The fraction of sp³-hybridized carbons (Fsp3) is 0.467. The molecule has 0 radical (unpaired) electrons. The molecule has 0 fully saturated rings. The highest BCUT2D eigenvalue weighted by Crippen LogP contribution is 2.20. The maximum atomic E-state index is 12.0. The molecule has 0 aromatic heterocycles. The summed E-state index contributed by atoms with van der Waals surface area (Å²) in [5.41, 5.74) is 0.146. The van der Waals surface area contributed by atoms with E-state index >= 15 is 0 Å². The van der Waals surface area contributed by atoms with Crippen molar-refractivity contribution in [3.63, 3.8) is 0 Å². The Morgan fingerprint density at radius 1 is 1.25 bits per heavy atom. The normalized spacial score (nSPS) is 12.8. The molecule has 1 rings (SSSR count). The Bertz CT molecular complexity index is 479. The lowest BCUT2D eigenvalue weighted by atomic mass is 9.88. The smallest absolute Gasteiger partial charge is 0.326 e. The minimum atomic E-state index is -1.07. The minimum Gasteiger partial charge on any atom is -0.508 e. The van der Waals surface area contributed by atoms with Gasteiger partial charge in [0.2, 0.25) is 5.91 Å². The van der Waals surface area contributed by atoms with Crippen LogP contribution in [0, 0.1) is 5.41 Å². The van der Waals surface area contributed by atoms with Crippen molar-refractivity contribution >= 4 is 11.9 Å². The fourth-order valence-electron chi connectivity index (χ4n) is 1.58. The van der Waals surface area contributed by atoms with Crippen molar-refractivity contribution in [1.29, 1.82) is 0 Å². The first-order chi connectivity index (χ1) is 9.26. The number of benzene rings is 1. The molecule has 0 spiro atoms. The summed E-state index contributed by atoms with van der Waals surface area (Å²) in [6, 6.07) is 5.29. The van der Waals surface area contributed by atoms with Gasteiger partial charge in [0.15, 0.2) is 0 Å². The van der Waals surface area contributed by atoms with Crippen molar-refractivity contribution in [3.05, 3.63) is 29.8 Å². The second kappa shape index (κ2) is 6.41. The van der Waals surface area contributed by atoms with Gasteiger partial charge in [0.05, 0.1) is 0 Å². The van der Waals surface area contributed by atoms with Gasteiger partial charge in [-0.15, -0.1) is 0 Å². The van der Waals surface area contributed by atoms with Gasteiger partial charge in [-0.3, -0.25) is 4.79 Å². The number of aliphatic carboxylic acids is 1. The fourth-order valence-corrected chi connectivity index (χ4v) is 1.58. The van der Waals surface area contributed by atoms with Crippen molar-refractivity contribution in [2.24, 2.45) is 5.41 Å². The van der Waals surface area contributed by atoms with E-state index in [9.17, 15) is 19.8 Å². The highest BCUT2D eigenvalue weighted by molar-refractivity contribution is 5.87. The van der Waals surface area contributed by atoms with Gasteiger partial charge in [-0.25, -0.2) is 4.79 Å². The molecular weight excluding hydrogens is 258 g/mol. The van der Waals surface area contributed by atoms with Crippen LogP contribution >= 0.6 is 0 Å². The second-order valence-electron chi connectivity index (χ2n) is 5.47. The van der Waals surface area contributed by atoms with Gasteiger partial charge >= 0.3 is 5.97 Å². The molecule has 1 aromatic rings. The van der Waals surface area contributed by atoms with Crippen LogP contribution in [0.5, 0.6) is 5.75 Å². The first-order valence-corrected chi connectivity index (χ1v) is 6.58. The predicted molar refractivity (Wildman–Crippen MR) is 75.4 cm³/mol. The van der Waals surface area contributed by atoms with E-state index in [0.717, 1.165) is 5.56 Å². The zero-order chi connectivity index (χ0) is 15.3. The maximum Gasteiger partial charge on any atom is 0.326 e. The number of phenols is 1. The van der Waals surface area contributed by atoms with E-state index in [1.165, 1.54) is 12.1 Å². The molecule has 1 aromatic carbocycles. The number of rotatable bonds is 6. The highest BCUT2D eigenvalue weighted by atomic mass is 16.4. The van der Waals surface area contributed by atoms with Gasteiger partial charge in [0.1, 0.15) is 11.8 Å². The Morgan fingerprint density at radius 3 is 2.25 bits per heavy atom. The van der Waals surface area contributed by atoms with Crippen LogP contribution in [-0.2, 0) is 16.0 Å². The SMILES string of the molecule is CCC(C)(C)C(=O)N[C@H](Cc1ccc(O)cc1)C(=O)O. The van der Waals surface area contributed by atoms with Crippen LogP contribution in [-0.4, -0.2) is 28.1 Å². The molecule has 0 aliphatic carbocycles. The molecule has 110 valence electrons. The van der Waals surface area contributed by atoms with E-state index in [0.29, 0.717) is 6.42 Å². The van der Waals surface area contributed by atoms with Gasteiger partial charge in [-0.1, -0.05) is 32.9 Å². The van der Waals surface area contributed by atoms with Gasteiger partial charge < -0.3 is 15.5 Å². The number of carbonyl (C=O) groups excluding carboxylic acids is 1. The van der Waals surface area contributed by atoms with Gasteiger partial charge in [-0.05, 0) is 24.1 Å². The third-order valence-electron chi connectivity index (χ3n) is 3.48. The first-order valence-electron chi connectivity index (χ1n) is 6.58. The number of amides is 1. The van der Waals surface area contributed by atoms with Crippen LogP contribution in [0.2, 0.25) is 0 Å². The lowest BCUT2D eigenvalue weighted by molar-refractivity contribution is -0.143. The van der Waals surface area contributed by atoms with Gasteiger partial charge in [0.25, 0.3) is 0 Å². The summed E-state index contributed by atoms with van der Waals surface area (Å²) in [6.07, 6.45) is 0.811. The summed E-state index contributed by atoms with van der Waals surface area (Å²) in [5, 5.41) is 21.0. The molecular formula is C15H21NO4. The van der Waals surface area contributed by atoms with E-state index < -0.39 is 17.4 Å². The number of nitrogens with one attached hydrogen (secondary N) is 1. The number of aromatic hydroxyl groups is 1. The standard InChI is InChI=1S/C15H21NO4/c1-4-15(2,3)14(20)16-12(13(18)19)9-10-5-7-11(17)8-6-10/h5-8,12,17H,4,9H2,1-3H3,(H,16,20)(H,18,19)/t12-/m1/s1. The molecule has 0 heterocycles. The van der Waals surface area contributed by atoms with Crippen LogP contribution in [0.3, 0.4) is 0 Å². The average molecular weight is 279 g/mol. The van der Waals surface area contributed by atoms with Crippen molar-refractivity contribution in [2.75, 3.05) is 0 Å². The quantitative estimate of drug-likeness (QED) is 0.742. The van der Waals surface area contributed by atoms with Crippen molar-refractivity contribution < 1.29 is 19.8 Å². The Labute approximate surface area is 118 Å². The van der Waals surface area contributed by atoms with E-state index in [1.54, 1.807) is 26.0 Å². The molecule has 1 atom stereocenters. The zero-order valence-electron chi connectivity index (χ0n) is 12.0. The Balaban J connectivity index is 2.78. The van der Waals surface area contributed by atoms with Crippen LogP contribution in [0.4, 0.5) is 0 Å². The number of carboxylic acids is 1. The van der Waals surface area contributed by atoms with Crippen LogP contribution in [0.15, 0.2) is 24.3 Å². The van der Waals surface area contributed by atoms with Crippen molar-refractivity contribution in [1.82, 2.24) is 5.32 Å². The molecule has 3 N–H and O–H groups in total. The highest BCUT2D eigenvalue weighted by Gasteiger charge is 2.29. The number of phenolic OH excluding ortho intramolecular Hbond substituents is 1. The molecule has 0 aliphatic heterocycles. The summed E-state index contributed by atoms with van der Waals surface area (Å²) in [4.78, 5) is 23.3. The van der Waals surface area contributed by atoms with E-state index in [2.05, 4.69) is 5.32 Å². The summed E-state index contributed by atoms with van der Waals surface area (Å²) in [5.74, 6) is -1.22. The third-order valence-corrected chi connectivity index (χ3v) is 3.48. The van der Waals surface area contributed by atoms with E-state index in [4.69, 9.17) is 0 Å². The van der Waals surface area contributed by atoms with E-state index in [1.807, 2.05) is 6.92 Å². The first kappa shape index (κ1) is 16.0. The summed E-state index contributed by atoms with van der Waals surface area (Å²) in [7, 11) is 0. The summed E-state index contributed by atoms with van der Waals surface area (Å²) >= 11 is 0. The third kappa shape index (κ3) is 4.26. The minimum absolute atomic E-state index is 0.122. The van der Waals surface area contributed by atoms with Gasteiger partial charge in [0, 0.05) is 11.8 Å². The van der Waals surface area contributed by atoms with Crippen LogP contribution < -0.4 is 5.32 Å². The molecule has 5 nitrogen and oxygen atoms in total. The lowest BCUT2D eigenvalue weighted by Gasteiger charge is -2.24. The molecule has 5 heteroatoms.